The van der Waals surface area contributed by atoms with Crippen molar-refractivity contribution < 1.29 is 19.0 Å². The molecule has 1 saturated heterocycles. The molecular weight excluding hydrogens is 436 g/mol. The average Bonchev–Trinajstić information content (AvgIpc) is 3.26. The number of thiophene rings is 1. The summed E-state index contributed by atoms with van der Waals surface area (Å²) in [5.41, 5.74) is 2.63. The van der Waals surface area contributed by atoms with Crippen LogP contribution in [0, 0.1) is 0 Å². The molecule has 0 aliphatic carbocycles. The molecule has 160 valence electrons. The van der Waals surface area contributed by atoms with Crippen LogP contribution in [0.4, 0.5) is 10.7 Å². The molecule has 1 N–H and O–H groups in total. The summed E-state index contributed by atoms with van der Waals surface area (Å²) in [6, 6.07) is 15.5. The second kappa shape index (κ2) is 8.78. The second-order valence-electron chi connectivity index (χ2n) is 7.22. The van der Waals surface area contributed by atoms with E-state index in [2.05, 4.69) is 22.3 Å². The molecule has 0 atom stereocenters. The number of nitrogens with zero attached hydrogens (tertiary/aromatic N) is 1. The Morgan fingerprint density at radius 3 is 2.42 bits per heavy atom. The number of hydrogen-bond donors (Lipinski definition) is 1. The van der Waals surface area contributed by atoms with Crippen LogP contribution in [-0.4, -0.2) is 45.4 Å². The van der Waals surface area contributed by atoms with Crippen LogP contribution in [0.15, 0.2) is 48.5 Å². The largest absolute Gasteiger partial charge is 0.486 e. The van der Waals surface area contributed by atoms with Gasteiger partial charge < -0.3 is 24.4 Å². The van der Waals surface area contributed by atoms with E-state index in [1.54, 1.807) is 12.1 Å². The van der Waals surface area contributed by atoms with Crippen LogP contribution in [0.25, 0.3) is 11.1 Å². The van der Waals surface area contributed by atoms with E-state index in [4.69, 9.17) is 25.8 Å². The Hall–Kier alpha value is -2.74. The Labute approximate surface area is 189 Å². The van der Waals surface area contributed by atoms with Gasteiger partial charge in [-0.15, -0.1) is 11.3 Å². The Morgan fingerprint density at radius 2 is 1.68 bits per heavy atom. The third kappa shape index (κ3) is 4.21. The van der Waals surface area contributed by atoms with Gasteiger partial charge in [-0.05, 0) is 11.6 Å². The summed E-state index contributed by atoms with van der Waals surface area (Å²) >= 11 is 7.86. The fraction of sp³-hybridized carbons (Fsp3) is 0.261. The van der Waals surface area contributed by atoms with Gasteiger partial charge in [0, 0.05) is 30.8 Å². The summed E-state index contributed by atoms with van der Waals surface area (Å²) in [6.45, 7) is 3.92. The number of carbonyl (C=O) groups excluding carboxylic acids is 1. The summed E-state index contributed by atoms with van der Waals surface area (Å²) < 4.78 is 16.7. The van der Waals surface area contributed by atoms with Gasteiger partial charge in [-0.25, -0.2) is 0 Å². The quantitative estimate of drug-likeness (QED) is 0.603. The molecule has 6 nitrogen and oxygen atoms in total. The lowest BCUT2D eigenvalue weighted by Gasteiger charge is -2.28. The lowest BCUT2D eigenvalue weighted by Crippen LogP contribution is -2.35. The van der Waals surface area contributed by atoms with Crippen molar-refractivity contribution in [1.82, 2.24) is 0 Å². The highest BCUT2D eigenvalue weighted by atomic mass is 35.5. The lowest BCUT2D eigenvalue weighted by molar-refractivity contribution is 0.103. The van der Waals surface area contributed by atoms with Gasteiger partial charge in [0.05, 0.1) is 33.8 Å². The minimum Gasteiger partial charge on any atom is -0.486 e. The van der Waals surface area contributed by atoms with Crippen molar-refractivity contribution in [3.63, 3.8) is 0 Å². The highest BCUT2D eigenvalue weighted by Crippen LogP contribution is 2.41. The van der Waals surface area contributed by atoms with Gasteiger partial charge in [0.25, 0.3) is 5.91 Å². The highest BCUT2D eigenvalue weighted by molar-refractivity contribution is 7.18. The standard InChI is InChI=1S/C23H21ClN2O4S/c24-17-13-19-20(30-11-10-29-19)14-18(17)25-22(27)21-12-16(15-4-2-1-3-5-15)23(31-21)26-6-8-28-9-7-26/h1-5,12-14H,6-11H2,(H,25,27). The normalized spacial score (nSPS) is 15.6. The van der Waals surface area contributed by atoms with Crippen LogP contribution in [0.5, 0.6) is 11.5 Å². The summed E-state index contributed by atoms with van der Waals surface area (Å²) in [6.07, 6.45) is 0. The molecule has 3 aromatic rings. The Kier molecular flexibility index (Phi) is 5.72. The molecule has 0 spiro atoms. The number of halogens is 1. The van der Waals surface area contributed by atoms with Gasteiger partial charge in [0.1, 0.15) is 13.2 Å². The molecule has 5 rings (SSSR count). The van der Waals surface area contributed by atoms with Crippen LogP contribution in [0.3, 0.4) is 0 Å². The summed E-state index contributed by atoms with van der Waals surface area (Å²) in [7, 11) is 0. The van der Waals surface area contributed by atoms with Crippen LogP contribution < -0.4 is 19.7 Å². The minimum atomic E-state index is -0.208. The second-order valence-corrected chi connectivity index (χ2v) is 8.66. The first kappa shape index (κ1) is 20.2. The number of rotatable bonds is 4. The van der Waals surface area contributed by atoms with Crippen molar-refractivity contribution in [3.8, 4) is 22.6 Å². The van der Waals surface area contributed by atoms with Crippen LogP contribution >= 0.6 is 22.9 Å². The molecule has 1 aromatic heterocycles. The zero-order valence-electron chi connectivity index (χ0n) is 16.7. The number of morpholine rings is 1. The predicted molar refractivity (Wildman–Crippen MR) is 123 cm³/mol. The number of amides is 1. The number of hydrogen-bond acceptors (Lipinski definition) is 6. The number of nitrogens with one attached hydrogen (secondary N) is 1. The van der Waals surface area contributed by atoms with E-state index < -0.39 is 0 Å². The van der Waals surface area contributed by atoms with Gasteiger partial charge in [0.15, 0.2) is 11.5 Å². The fourth-order valence-electron chi connectivity index (χ4n) is 3.66. The zero-order chi connectivity index (χ0) is 21.2. The first-order valence-electron chi connectivity index (χ1n) is 10.1. The van der Waals surface area contributed by atoms with E-state index in [1.165, 1.54) is 11.3 Å². The molecule has 2 aromatic carbocycles. The maximum Gasteiger partial charge on any atom is 0.265 e. The molecule has 1 amide bonds. The third-order valence-electron chi connectivity index (χ3n) is 5.20. The van der Waals surface area contributed by atoms with Crippen molar-refractivity contribution >= 4 is 39.5 Å². The van der Waals surface area contributed by atoms with Crippen LogP contribution in [0.2, 0.25) is 5.02 Å². The first-order valence-corrected chi connectivity index (χ1v) is 11.3. The summed E-state index contributed by atoms with van der Waals surface area (Å²) in [4.78, 5) is 16.0. The smallest absolute Gasteiger partial charge is 0.265 e. The van der Waals surface area contributed by atoms with Crippen molar-refractivity contribution in [2.75, 3.05) is 49.7 Å². The molecule has 0 saturated carbocycles. The van der Waals surface area contributed by atoms with Crippen molar-refractivity contribution in [3.05, 3.63) is 58.4 Å². The molecule has 2 aliphatic heterocycles. The van der Waals surface area contributed by atoms with Gasteiger partial charge in [-0.3, -0.25) is 4.79 Å². The van der Waals surface area contributed by atoms with E-state index in [0.29, 0.717) is 53.5 Å². The lowest BCUT2D eigenvalue weighted by atomic mass is 10.1. The average molecular weight is 457 g/mol. The summed E-state index contributed by atoms with van der Waals surface area (Å²) in [5, 5.41) is 4.42. The molecule has 8 heteroatoms. The maximum atomic E-state index is 13.1. The molecule has 0 radical (unpaired) electrons. The van der Waals surface area contributed by atoms with E-state index >= 15 is 0 Å². The molecule has 3 heterocycles. The zero-order valence-corrected chi connectivity index (χ0v) is 18.3. The van der Waals surface area contributed by atoms with Gasteiger partial charge in [-0.1, -0.05) is 41.9 Å². The maximum absolute atomic E-state index is 13.1. The Morgan fingerprint density at radius 1 is 0.968 bits per heavy atom. The van der Waals surface area contributed by atoms with Gasteiger partial charge in [-0.2, -0.15) is 0 Å². The number of fused-ring (bicyclic) bond motifs is 1. The number of anilines is 2. The van der Waals surface area contributed by atoms with E-state index in [1.807, 2.05) is 24.3 Å². The number of ether oxygens (including phenoxy) is 3. The predicted octanol–water partition coefficient (Wildman–Crippen LogP) is 4.93. The molecule has 2 aliphatic rings. The van der Waals surface area contributed by atoms with Crippen molar-refractivity contribution in [1.29, 1.82) is 0 Å². The van der Waals surface area contributed by atoms with Gasteiger partial charge >= 0.3 is 0 Å². The molecular formula is C23H21ClN2O4S. The monoisotopic (exact) mass is 456 g/mol. The van der Waals surface area contributed by atoms with E-state index in [-0.39, 0.29) is 5.91 Å². The molecule has 0 bridgehead atoms. The topological polar surface area (TPSA) is 60.0 Å². The van der Waals surface area contributed by atoms with Crippen molar-refractivity contribution in [2.24, 2.45) is 0 Å². The van der Waals surface area contributed by atoms with Crippen molar-refractivity contribution in [2.45, 2.75) is 0 Å². The fourth-order valence-corrected chi connectivity index (χ4v) is 4.99. The van der Waals surface area contributed by atoms with Crippen LogP contribution in [-0.2, 0) is 4.74 Å². The summed E-state index contributed by atoms with van der Waals surface area (Å²) in [5.74, 6) is 0.961. The molecule has 31 heavy (non-hydrogen) atoms. The first-order chi connectivity index (χ1) is 15.2. The highest BCUT2D eigenvalue weighted by Gasteiger charge is 2.23. The SMILES string of the molecule is O=C(Nc1cc2c(cc1Cl)OCCO2)c1cc(-c2ccccc2)c(N2CCOCC2)s1. The Bertz CT molecular complexity index is 1100. The Balaban J connectivity index is 1.46. The third-order valence-corrected chi connectivity index (χ3v) is 6.71. The molecule has 0 unspecified atom stereocenters. The minimum absolute atomic E-state index is 0.208. The van der Waals surface area contributed by atoms with E-state index in [0.717, 1.165) is 29.2 Å². The van der Waals surface area contributed by atoms with Gasteiger partial charge in [0.2, 0.25) is 0 Å². The molecule has 1 fully saturated rings. The number of benzene rings is 2. The van der Waals surface area contributed by atoms with Crippen LogP contribution in [0.1, 0.15) is 9.67 Å². The number of carbonyl (C=O) groups is 1. The van der Waals surface area contributed by atoms with E-state index in [9.17, 15) is 4.79 Å².